The molecule has 1 aromatic carbocycles. The number of rotatable bonds is 2. The van der Waals surface area contributed by atoms with Gasteiger partial charge in [0, 0.05) is 18.2 Å². The third kappa shape index (κ3) is 2.16. The number of nitrogens with zero attached hydrogens (tertiary/aromatic N) is 1. The molecule has 2 atom stereocenters. The molecule has 0 aliphatic carbocycles. The van der Waals surface area contributed by atoms with Crippen molar-refractivity contribution in [3.63, 3.8) is 0 Å². The second kappa shape index (κ2) is 4.63. The Morgan fingerprint density at radius 2 is 1.55 bits per heavy atom. The standard InChI is InChI=1S/C14H15F2NO2S/c1-9-4-12-2-3-13(5-9)17(12)20(18,19)14-7-10(15)6-11(16)8-14/h6-8,12-13H,1-5H2. The minimum absolute atomic E-state index is 0.127. The van der Waals surface area contributed by atoms with Crippen LogP contribution in [0.25, 0.3) is 0 Å². The van der Waals surface area contributed by atoms with Gasteiger partial charge in [0.2, 0.25) is 10.0 Å². The van der Waals surface area contributed by atoms with Gasteiger partial charge in [0.1, 0.15) is 11.6 Å². The fraction of sp³-hybridized carbons (Fsp3) is 0.429. The Hall–Kier alpha value is -1.27. The van der Waals surface area contributed by atoms with Crippen LogP contribution in [0.15, 0.2) is 35.2 Å². The fourth-order valence-electron chi connectivity index (χ4n) is 3.26. The normalized spacial score (nSPS) is 27.0. The minimum atomic E-state index is -3.85. The molecule has 2 unspecified atom stereocenters. The molecule has 0 amide bonds. The summed E-state index contributed by atoms with van der Waals surface area (Å²) in [5, 5.41) is 0. The monoisotopic (exact) mass is 299 g/mol. The van der Waals surface area contributed by atoms with Gasteiger partial charge in [0.05, 0.1) is 4.90 Å². The predicted molar refractivity (Wildman–Crippen MR) is 70.6 cm³/mol. The van der Waals surface area contributed by atoms with Gasteiger partial charge in [0.15, 0.2) is 0 Å². The lowest BCUT2D eigenvalue weighted by Crippen LogP contribution is -2.44. The highest BCUT2D eigenvalue weighted by Crippen LogP contribution is 2.41. The molecule has 3 rings (SSSR count). The molecule has 1 aromatic rings. The molecule has 6 heteroatoms. The first-order valence-corrected chi connectivity index (χ1v) is 7.98. The van der Waals surface area contributed by atoms with E-state index < -0.39 is 21.7 Å². The Balaban J connectivity index is 2.02. The summed E-state index contributed by atoms with van der Waals surface area (Å²) in [6.45, 7) is 3.93. The van der Waals surface area contributed by atoms with Crippen LogP contribution in [-0.2, 0) is 10.0 Å². The average Bonchev–Trinajstić information content (AvgIpc) is 2.62. The molecule has 0 saturated carbocycles. The lowest BCUT2D eigenvalue weighted by Gasteiger charge is -2.34. The van der Waals surface area contributed by atoms with Gasteiger partial charge in [-0.3, -0.25) is 0 Å². The van der Waals surface area contributed by atoms with E-state index in [1.807, 2.05) is 0 Å². The molecular weight excluding hydrogens is 284 g/mol. The third-order valence-electron chi connectivity index (χ3n) is 4.01. The Labute approximate surface area is 117 Å². The molecular formula is C14H15F2NO2S. The van der Waals surface area contributed by atoms with Crippen LogP contribution < -0.4 is 0 Å². The first kappa shape index (κ1) is 13.7. The maximum Gasteiger partial charge on any atom is 0.243 e. The van der Waals surface area contributed by atoms with Crippen molar-refractivity contribution in [2.45, 2.75) is 42.7 Å². The summed E-state index contributed by atoms with van der Waals surface area (Å²) in [5.41, 5.74) is 1.05. The highest BCUT2D eigenvalue weighted by molar-refractivity contribution is 7.89. The topological polar surface area (TPSA) is 37.4 Å². The summed E-state index contributed by atoms with van der Waals surface area (Å²) in [4.78, 5) is -0.306. The molecule has 0 N–H and O–H groups in total. The van der Waals surface area contributed by atoms with Gasteiger partial charge in [-0.05, 0) is 37.8 Å². The fourth-order valence-corrected chi connectivity index (χ4v) is 5.17. The van der Waals surface area contributed by atoms with Crippen molar-refractivity contribution >= 4 is 10.0 Å². The van der Waals surface area contributed by atoms with Crippen molar-refractivity contribution < 1.29 is 17.2 Å². The molecule has 20 heavy (non-hydrogen) atoms. The zero-order valence-corrected chi connectivity index (χ0v) is 11.7. The Bertz CT molecular complexity index is 636. The molecule has 2 heterocycles. The quantitative estimate of drug-likeness (QED) is 0.788. The van der Waals surface area contributed by atoms with Crippen molar-refractivity contribution in [1.29, 1.82) is 0 Å². The van der Waals surface area contributed by atoms with Gasteiger partial charge < -0.3 is 0 Å². The van der Waals surface area contributed by atoms with Crippen LogP contribution in [-0.4, -0.2) is 24.8 Å². The van der Waals surface area contributed by atoms with Crippen LogP contribution >= 0.6 is 0 Å². The lowest BCUT2D eigenvalue weighted by atomic mass is 10.0. The van der Waals surface area contributed by atoms with E-state index in [2.05, 4.69) is 6.58 Å². The first-order valence-electron chi connectivity index (χ1n) is 6.54. The Morgan fingerprint density at radius 3 is 2.05 bits per heavy atom. The van der Waals surface area contributed by atoms with Crippen LogP contribution in [0.5, 0.6) is 0 Å². The number of hydrogen-bond acceptors (Lipinski definition) is 2. The first-order chi connectivity index (χ1) is 9.38. The van der Waals surface area contributed by atoms with E-state index in [1.54, 1.807) is 0 Å². The molecule has 3 nitrogen and oxygen atoms in total. The highest BCUT2D eigenvalue weighted by atomic mass is 32.2. The summed E-state index contributed by atoms with van der Waals surface area (Å²) < 4.78 is 53.2. The lowest BCUT2D eigenvalue weighted by molar-refractivity contribution is 0.285. The molecule has 0 spiro atoms. The van der Waals surface area contributed by atoms with Crippen molar-refractivity contribution in [2.75, 3.05) is 0 Å². The summed E-state index contributed by atoms with van der Waals surface area (Å²) in [6.07, 6.45) is 2.82. The summed E-state index contributed by atoms with van der Waals surface area (Å²) in [5.74, 6) is -1.75. The second-order valence-corrected chi connectivity index (χ2v) is 7.33. The van der Waals surface area contributed by atoms with Gasteiger partial charge in [-0.25, -0.2) is 17.2 Å². The molecule has 2 bridgehead atoms. The average molecular weight is 299 g/mol. The largest absolute Gasteiger partial charge is 0.243 e. The van der Waals surface area contributed by atoms with Gasteiger partial charge in [-0.15, -0.1) is 0 Å². The number of benzene rings is 1. The maximum absolute atomic E-state index is 13.3. The molecule has 0 aromatic heterocycles. The van der Waals surface area contributed by atoms with Crippen LogP contribution in [0.4, 0.5) is 8.78 Å². The number of hydrogen-bond donors (Lipinski definition) is 0. The summed E-state index contributed by atoms with van der Waals surface area (Å²) >= 11 is 0. The van der Waals surface area contributed by atoms with E-state index in [9.17, 15) is 17.2 Å². The Morgan fingerprint density at radius 1 is 1.05 bits per heavy atom. The van der Waals surface area contributed by atoms with Gasteiger partial charge in [-0.2, -0.15) is 4.31 Å². The van der Waals surface area contributed by atoms with Crippen molar-refractivity contribution in [3.05, 3.63) is 42.0 Å². The molecule has 108 valence electrons. The zero-order chi connectivity index (χ0) is 14.5. The molecule has 2 aliphatic heterocycles. The predicted octanol–water partition coefficient (Wildman–Crippen LogP) is 2.84. The van der Waals surface area contributed by atoms with Crippen molar-refractivity contribution in [1.82, 2.24) is 4.31 Å². The smallest absolute Gasteiger partial charge is 0.207 e. The zero-order valence-electron chi connectivity index (χ0n) is 10.9. The van der Waals surface area contributed by atoms with Gasteiger partial charge in [0.25, 0.3) is 0 Å². The second-order valence-electron chi connectivity index (χ2n) is 5.48. The van der Waals surface area contributed by atoms with Gasteiger partial charge >= 0.3 is 0 Å². The van der Waals surface area contributed by atoms with Gasteiger partial charge in [-0.1, -0.05) is 12.2 Å². The minimum Gasteiger partial charge on any atom is -0.207 e. The molecule has 0 radical (unpaired) electrons. The van der Waals surface area contributed by atoms with Crippen LogP contribution in [0.1, 0.15) is 25.7 Å². The van der Waals surface area contributed by atoms with Crippen LogP contribution in [0, 0.1) is 11.6 Å². The van der Waals surface area contributed by atoms with Crippen molar-refractivity contribution in [3.8, 4) is 0 Å². The van der Waals surface area contributed by atoms with E-state index >= 15 is 0 Å². The molecule has 2 saturated heterocycles. The highest BCUT2D eigenvalue weighted by Gasteiger charge is 2.45. The number of fused-ring (bicyclic) bond motifs is 2. The molecule has 2 aliphatic rings. The number of piperidine rings is 1. The third-order valence-corrected chi connectivity index (χ3v) is 6.00. The van der Waals surface area contributed by atoms with E-state index in [0.717, 1.165) is 30.5 Å². The van der Waals surface area contributed by atoms with Crippen molar-refractivity contribution in [2.24, 2.45) is 0 Å². The number of sulfonamides is 1. The maximum atomic E-state index is 13.3. The van der Waals surface area contributed by atoms with E-state index in [4.69, 9.17) is 0 Å². The Kier molecular flexibility index (Phi) is 3.17. The van der Waals surface area contributed by atoms with E-state index in [0.29, 0.717) is 18.9 Å². The SMILES string of the molecule is C=C1CC2CCC(C1)N2S(=O)(=O)c1cc(F)cc(F)c1. The van der Waals surface area contributed by atoms with Crippen LogP contribution in [0.3, 0.4) is 0 Å². The van der Waals surface area contributed by atoms with E-state index in [-0.39, 0.29) is 17.0 Å². The summed E-state index contributed by atoms with van der Waals surface area (Å²) in [7, 11) is -3.85. The van der Waals surface area contributed by atoms with Crippen LogP contribution in [0.2, 0.25) is 0 Å². The van der Waals surface area contributed by atoms with E-state index in [1.165, 1.54) is 4.31 Å². The molecule has 2 fully saturated rings. The number of halogens is 2. The summed E-state index contributed by atoms with van der Waals surface area (Å²) in [6, 6.07) is 2.17.